The number of imidazole rings is 1. The number of H-pyrrole nitrogens is 1. The van der Waals surface area contributed by atoms with Crippen molar-refractivity contribution in [3.63, 3.8) is 0 Å². The highest BCUT2D eigenvalue weighted by Gasteiger charge is 2.72. The van der Waals surface area contributed by atoms with Crippen LogP contribution >= 0.6 is 0 Å². The van der Waals surface area contributed by atoms with Gasteiger partial charge in [0.2, 0.25) is 5.91 Å². The molecule has 0 bridgehead atoms. The largest absolute Gasteiger partial charge is 0.481 e. The van der Waals surface area contributed by atoms with Crippen LogP contribution in [0, 0.1) is 62.1 Å². The monoisotopic (exact) mass is 854 g/mol. The molecule has 6 aliphatic rings. The van der Waals surface area contributed by atoms with E-state index in [2.05, 4.69) is 70.1 Å². The molecule has 0 unspecified atom stereocenters. The number of esters is 1. The van der Waals surface area contributed by atoms with Crippen molar-refractivity contribution in [1.82, 2.24) is 14.9 Å². The summed E-state index contributed by atoms with van der Waals surface area (Å²) in [6.07, 6.45) is 12.2. The molecule has 1 amide bonds. The van der Waals surface area contributed by atoms with Crippen LogP contribution in [-0.4, -0.2) is 76.9 Å². The summed E-state index contributed by atoms with van der Waals surface area (Å²) in [5.41, 5.74) is 1.48. The van der Waals surface area contributed by atoms with Gasteiger partial charge in [0.25, 0.3) is 0 Å². The number of hydrogen-bond donors (Lipinski definition) is 2. The number of carbonyl (C=O) groups excluding carboxylic acids is 2. The van der Waals surface area contributed by atoms with Crippen molar-refractivity contribution in [1.29, 1.82) is 0 Å². The van der Waals surface area contributed by atoms with Crippen LogP contribution in [0.5, 0.6) is 0 Å². The molecule has 8 rings (SSSR count). The Hall–Kier alpha value is -3.50. The second kappa shape index (κ2) is 16.2. The lowest BCUT2D eigenvalue weighted by Gasteiger charge is -2.73. The summed E-state index contributed by atoms with van der Waals surface area (Å²) in [6, 6.07) is 10.0. The van der Waals surface area contributed by atoms with Gasteiger partial charge < -0.3 is 29.2 Å². The zero-order valence-electron chi connectivity index (χ0n) is 39.2. The van der Waals surface area contributed by atoms with Gasteiger partial charge in [-0.25, -0.2) is 4.98 Å². The lowest BCUT2D eigenvalue weighted by Crippen LogP contribution is -2.67. The number of nitrogens with one attached hydrogen (secondary N) is 1. The van der Waals surface area contributed by atoms with Gasteiger partial charge in [0, 0.05) is 37.3 Å². The molecular formula is C52H75N3O7. The van der Waals surface area contributed by atoms with Crippen molar-refractivity contribution < 1.29 is 33.7 Å². The highest BCUT2D eigenvalue weighted by atomic mass is 16.5. The molecule has 1 aliphatic heterocycles. The van der Waals surface area contributed by atoms with Crippen molar-refractivity contribution in [3.05, 3.63) is 54.5 Å². The SMILES string of the molecule is C=C(C)[C@@H]1CC[C@]2(C(=O)N3C[C@H](OCCOC)C[C@H]3c3nc(-c4ccccc4)c[nH]3)CC[C@]3(C)[C@H](CC[C@@H]4[C@@]5(C)CC[C@H](OC(=O)CC(C)(C)C(=O)O)C(C)(C)[C@@H]5CC[C@]43C)[C@@H]12. The second-order valence-electron chi connectivity index (χ2n) is 22.8. The van der Waals surface area contributed by atoms with Crippen molar-refractivity contribution in [2.75, 3.05) is 26.9 Å². The Labute approximate surface area is 370 Å². The van der Waals surface area contributed by atoms with E-state index in [1.807, 2.05) is 24.4 Å². The minimum atomic E-state index is -1.17. The molecule has 5 saturated carbocycles. The quantitative estimate of drug-likeness (QED) is 0.123. The normalized spacial score (nSPS) is 38.6. The van der Waals surface area contributed by atoms with E-state index in [0.29, 0.717) is 49.9 Å². The number of carboxylic acids is 1. The summed E-state index contributed by atoms with van der Waals surface area (Å²) < 4.78 is 18.0. The summed E-state index contributed by atoms with van der Waals surface area (Å²) in [6.45, 7) is 24.0. The van der Waals surface area contributed by atoms with Crippen LogP contribution in [0.2, 0.25) is 0 Å². The number of benzene rings is 1. The number of aromatic nitrogens is 2. The Bertz CT molecular complexity index is 2030. The molecule has 0 spiro atoms. The van der Waals surface area contributed by atoms with Crippen LogP contribution in [0.15, 0.2) is 48.7 Å². The number of rotatable bonds is 12. The van der Waals surface area contributed by atoms with E-state index in [0.717, 1.165) is 81.3 Å². The Morgan fingerprint density at radius 3 is 2.35 bits per heavy atom. The third kappa shape index (κ3) is 7.11. The molecule has 10 nitrogen and oxygen atoms in total. The zero-order valence-corrected chi connectivity index (χ0v) is 39.2. The van der Waals surface area contributed by atoms with Gasteiger partial charge in [-0.3, -0.25) is 14.4 Å². The fourth-order valence-corrected chi connectivity index (χ4v) is 15.6. The van der Waals surface area contributed by atoms with Crippen LogP contribution in [0.1, 0.15) is 144 Å². The predicted octanol–water partition coefficient (Wildman–Crippen LogP) is 10.5. The van der Waals surface area contributed by atoms with E-state index >= 15 is 4.79 Å². The van der Waals surface area contributed by atoms with E-state index in [-0.39, 0.29) is 58.2 Å². The van der Waals surface area contributed by atoms with Gasteiger partial charge in [-0.1, -0.05) is 77.1 Å². The minimum Gasteiger partial charge on any atom is -0.481 e. The third-order valence-corrected chi connectivity index (χ3v) is 19.0. The fraction of sp³-hybridized carbons (Fsp3) is 0.731. The van der Waals surface area contributed by atoms with Gasteiger partial charge >= 0.3 is 11.9 Å². The number of hydrogen-bond acceptors (Lipinski definition) is 7. The number of nitrogens with zero attached hydrogens (tertiary/aromatic N) is 2. The van der Waals surface area contributed by atoms with Crippen LogP contribution in [-0.2, 0) is 28.6 Å². The fourth-order valence-electron chi connectivity index (χ4n) is 15.6. The maximum Gasteiger partial charge on any atom is 0.309 e. The highest BCUT2D eigenvalue weighted by molar-refractivity contribution is 5.85. The molecule has 1 aromatic heterocycles. The summed E-state index contributed by atoms with van der Waals surface area (Å²) in [4.78, 5) is 51.8. The van der Waals surface area contributed by atoms with Crippen molar-refractivity contribution >= 4 is 17.8 Å². The molecular weight excluding hydrogens is 779 g/mol. The predicted molar refractivity (Wildman–Crippen MR) is 240 cm³/mol. The molecule has 0 radical (unpaired) electrons. The smallest absolute Gasteiger partial charge is 0.309 e. The molecule has 1 saturated heterocycles. The van der Waals surface area contributed by atoms with Crippen LogP contribution in [0.25, 0.3) is 11.3 Å². The van der Waals surface area contributed by atoms with Crippen LogP contribution in [0.4, 0.5) is 0 Å². The lowest BCUT2D eigenvalue weighted by molar-refractivity contribution is -0.250. The average Bonchev–Trinajstić information content (AvgIpc) is 3.97. The number of carbonyl (C=O) groups is 3. The maximum absolute atomic E-state index is 15.9. The van der Waals surface area contributed by atoms with Crippen LogP contribution < -0.4 is 0 Å². The first-order valence-electron chi connectivity index (χ1n) is 23.8. The first kappa shape index (κ1) is 45.1. The van der Waals surface area contributed by atoms with Crippen LogP contribution in [0.3, 0.4) is 0 Å². The third-order valence-electron chi connectivity index (χ3n) is 19.0. The maximum atomic E-state index is 15.9. The van der Waals surface area contributed by atoms with Gasteiger partial charge in [-0.05, 0) is 131 Å². The van der Waals surface area contributed by atoms with E-state index in [1.165, 1.54) is 5.57 Å². The first-order chi connectivity index (χ1) is 29.2. The first-order valence-corrected chi connectivity index (χ1v) is 23.8. The van der Waals surface area contributed by atoms with Crippen molar-refractivity contribution in [2.24, 2.45) is 62.1 Å². The topological polar surface area (TPSA) is 131 Å². The number of allylic oxidation sites excluding steroid dienone is 1. The van der Waals surface area contributed by atoms with Gasteiger partial charge in [0.1, 0.15) is 11.9 Å². The Morgan fingerprint density at radius 2 is 1.66 bits per heavy atom. The summed E-state index contributed by atoms with van der Waals surface area (Å²) in [5.74, 6) is 1.53. The number of aromatic amines is 1. The van der Waals surface area contributed by atoms with E-state index < -0.39 is 22.8 Å². The molecule has 5 aliphatic carbocycles. The zero-order chi connectivity index (χ0) is 44.6. The average molecular weight is 854 g/mol. The molecule has 10 heteroatoms. The number of carboxylic acid groups (broad SMARTS) is 1. The van der Waals surface area contributed by atoms with E-state index in [4.69, 9.17) is 19.2 Å². The Kier molecular flexibility index (Phi) is 11.8. The number of methoxy groups -OCH3 is 1. The van der Waals surface area contributed by atoms with Gasteiger partial charge in [-0.2, -0.15) is 0 Å². The number of amides is 1. The van der Waals surface area contributed by atoms with E-state index in [1.54, 1.807) is 21.0 Å². The van der Waals surface area contributed by atoms with Crippen molar-refractivity contribution in [2.45, 2.75) is 151 Å². The van der Waals surface area contributed by atoms with E-state index in [9.17, 15) is 14.7 Å². The Balaban J connectivity index is 1.07. The molecule has 2 heterocycles. The molecule has 1 aromatic carbocycles. The molecule has 2 N–H and O–H groups in total. The summed E-state index contributed by atoms with van der Waals surface area (Å²) in [7, 11) is 1.69. The molecule has 6 fully saturated rings. The molecule has 12 atom stereocenters. The second-order valence-corrected chi connectivity index (χ2v) is 22.8. The number of ether oxygens (including phenoxy) is 3. The number of aliphatic carboxylic acids is 1. The summed E-state index contributed by atoms with van der Waals surface area (Å²) >= 11 is 0. The number of fused-ring (bicyclic) bond motifs is 7. The molecule has 2 aromatic rings. The Morgan fingerprint density at radius 1 is 0.919 bits per heavy atom. The van der Waals surface area contributed by atoms with Gasteiger partial charge in [0.05, 0.1) is 48.3 Å². The minimum absolute atomic E-state index is 0.0497. The molecule has 340 valence electrons. The number of likely N-dealkylation sites (tertiary alicyclic amines) is 1. The highest BCUT2D eigenvalue weighted by Crippen LogP contribution is 2.78. The lowest BCUT2D eigenvalue weighted by atomic mass is 9.32. The standard InChI is InChI=1S/C52H75N3O7/c1-32(2)35-18-23-52(45(57)55-31-34(61-27-26-60-10)28-38(55)44-53-30-37(54-44)33-14-12-11-13-15-33)25-24-50(8)36(43(35)52)16-17-40-49(7)21-20-41(62-42(56)29-47(3,4)46(58)59)48(5,6)39(49)19-22-51(40,50)9/h11-15,30,34-36,38-41,43H,1,16-29,31H2,2-10H3,(H,53,54)(H,58,59)/t34-,35+,36-,38+,39+,40-,41+,43-,49+,50-,51-,52+/m1/s1. The van der Waals surface area contributed by atoms with Crippen molar-refractivity contribution in [3.8, 4) is 11.3 Å². The van der Waals surface area contributed by atoms with Gasteiger partial charge in [-0.15, -0.1) is 0 Å². The molecule has 62 heavy (non-hydrogen) atoms. The van der Waals surface area contributed by atoms with Gasteiger partial charge in [0.15, 0.2) is 0 Å². The summed E-state index contributed by atoms with van der Waals surface area (Å²) in [5, 5.41) is 9.69.